The standard InChI is InChI=1S/C15H21F2NO3/c1-4-21-12-6-5-11(16)13(14(12)17)15(20)18-8-10(19)7-9(2)3/h5-6,9-10,19H,4,7-8H2,1-3H3,(H,18,20). The zero-order chi connectivity index (χ0) is 16.0. The smallest absolute Gasteiger partial charge is 0.257 e. The minimum Gasteiger partial charge on any atom is -0.491 e. The Balaban J connectivity index is 2.80. The van der Waals surface area contributed by atoms with Gasteiger partial charge in [-0.25, -0.2) is 8.78 Å². The third-order valence-corrected chi connectivity index (χ3v) is 2.82. The largest absolute Gasteiger partial charge is 0.491 e. The average molecular weight is 301 g/mol. The average Bonchev–Trinajstić information content (AvgIpc) is 2.39. The molecule has 118 valence electrons. The van der Waals surface area contributed by atoms with Gasteiger partial charge in [-0.2, -0.15) is 0 Å². The lowest BCUT2D eigenvalue weighted by Gasteiger charge is -2.15. The summed E-state index contributed by atoms with van der Waals surface area (Å²) in [6.07, 6.45) is -0.264. The summed E-state index contributed by atoms with van der Waals surface area (Å²) in [5.74, 6) is -2.83. The third kappa shape index (κ3) is 4.97. The molecule has 1 aromatic carbocycles. The third-order valence-electron chi connectivity index (χ3n) is 2.82. The van der Waals surface area contributed by atoms with Gasteiger partial charge in [-0.05, 0) is 31.4 Å². The number of aliphatic hydroxyl groups is 1. The number of rotatable bonds is 7. The molecule has 0 aromatic heterocycles. The fourth-order valence-electron chi connectivity index (χ4n) is 1.93. The molecular formula is C15H21F2NO3. The Labute approximate surface area is 123 Å². The molecule has 1 amide bonds. The van der Waals surface area contributed by atoms with E-state index >= 15 is 0 Å². The summed E-state index contributed by atoms with van der Waals surface area (Å²) in [6.45, 7) is 5.65. The van der Waals surface area contributed by atoms with Gasteiger partial charge in [0.15, 0.2) is 11.6 Å². The second kappa shape index (κ2) is 7.93. The van der Waals surface area contributed by atoms with Gasteiger partial charge in [0.05, 0.1) is 12.7 Å². The van der Waals surface area contributed by atoms with Crippen LogP contribution in [0.25, 0.3) is 0 Å². The Kier molecular flexibility index (Phi) is 6.55. The lowest BCUT2D eigenvalue weighted by molar-refractivity contribution is 0.0891. The van der Waals surface area contributed by atoms with Gasteiger partial charge in [-0.15, -0.1) is 0 Å². The molecule has 4 nitrogen and oxygen atoms in total. The van der Waals surface area contributed by atoms with Crippen LogP contribution in [0.15, 0.2) is 12.1 Å². The Morgan fingerprint density at radius 2 is 2.05 bits per heavy atom. The molecule has 1 unspecified atom stereocenters. The van der Waals surface area contributed by atoms with Crippen LogP contribution in [0.1, 0.15) is 37.6 Å². The number of aliphatic hydroxyl groups excluding tert-OH is 1. The maximum atomic E-state index is 14.0. The normalized spacial score (nSPS) is 12.3. The molecule has 0 aliphatic rings. The first-order chi connectivity index (χ1) is 9.86. The topological polar surface area (TPSA) is 58.6 Å². The van der Waals surface area contributed by atoms with Gasteiger partial charge < -0.3 is 15.2 Å². The lowest BCUT2D eigenvalue weighted by Crippen LogP contribution is -2.33. The maximum absolute atomic E-state index is 14.0. The summed E-state index contributed by atoms with van der Waals surface area (Å²) >= 11 is 0. The molecule has 1 rings (SSSR count). The van der Waals surface area contributed by atoms with Crippen molar-refractivity contribution in [1.82, 2.24) is 5.32 Å². The number of carbonyl (C=O) groups excluding carboxylic acids is 1. The molecule has 0 radical (unpaired) electrons. The fraction of sp³-hybridized carbons (Fsp3) is 0.533. The minimum absolute atomic E-state index is 0.0608. The van der Waals surface area contributed by atoms with Gasteiger partial charge in [0.2, 0.25) is 0 Å². The van der Waals surface area contributed by atoms with Gasteiger partial charge in [-0.3, -0.25) is 4.79 Å². The summed E-state index contributed by atoms with van der Waals surface area (Å²) in [5, 5.41) is 12.0. The van der Waals surface area contributed by atoms with E-state index in [1.165, 1.54) is 0 Å². The van der Waals surface area contributed by atoms with Crippen molar-refractivity contribution in [2.75, 3.05) is 13.2 Å². The van der Waals surface area contributed by atoms with Crippen molar-refractivity contribution in [3.05, 3.63) is 29.3 Å². The van der Waals surface area contributed by atoms with Crippen LogP contribution in [0.3, 0.4) is 0 Å². The van der Waals surface area contributed by atoms with Crippen LogP contribution in [0.5, 0.6) is 5.75 Å². The molecule has 2 N–H and O–H groups in total. The molecule has 0 spiro atoms. The highest BCUT2D eigenvalue weighted by atomic mass is 19.1. The van der Waals surface area contributed by atoms with E-state index in [2.05, 4.69) is 5.32 Å². The Hall–Kier alpha value is -1.69. The van der Waals surface area contributed by atoms with E-state index in [1.807, 2.05) is 13.8 Å². The maximum Gasteiger partial charge on any atom is 0.257 e. The van der Waals surface area contributed by atoms with Crippen LogP contribution in [-0.2, 0) is 0 Å². The fourth-order valence-corrected chi connectivity index (χ4v) is 1.93. The second-order valence-electron chi connectivity index (χ2n) is 5.16. The van der Waals surface area contributed by atoms with E-state index in [4.69, 9.17) is 4.74 Å². The number of carbonyl (C=O) groups is 1. The molecule has 21 heavy (non-hydrogen) atoms. The molecule has 1 atom stereocenters. The number of nitrogens with one attached hydrogen (secondary N) is 1. The molecule has 1 aromatic rings. The van der Waals surface area contributed by atoms with E-state index in [1.54, 1.807) is 6.92 Å². The van der Waals surface area contributed by atoms with Gasteiger partial charge >= 0.3 is 0 Å². The zero-order valence-electron chi connectivity index (χ0n) is 12.5. The Bertz CT molecular complexity index is 492. The van der Waals surface area contributed by atoms with E-state index < -0.39 is 29.2 Å². The monoisotopic (exact) mass is 301 g/mol. The predicted octanol–water partition coefficient (Wildman–Crippen LogP) is 2.50. The highest BCUT2D eigenvalue weighted by molar-refractivity contribution is 5.95. The van der Waals surface area contributed by atoms with Crippen molar-refractivity contribution in [1.29, 1.82) is 0 Å². The van der Waals surface area contributed by atoms with Crippen LogP contribution in [0.2, 0.25) is 0 Å². The van der Waals surface area contributed by atoms with Gasteiger partial charge in [0.1, 0.15) is 11.4 Å². The molecular weight excluding hydrogens is 280 g/mol. The summed E-state index contributed by atoms with van der Waals surface area (Å²) in [6, 6.07) is 2.12. The lowest BCUT2D eigenvalue weighted by atomic mass is 10.1. The van der Waals surface area contributed by atoms with E-state index in [0.29, 0.717) is 6.42 Å². The first-order valence-electron chi connectivity index (χ1n) is 6.93. The number of amides is 1. The Morgan fingerprint density at radius 1 is 1.38 bits per heavy atom. The number of hydrogen-bond donors (Lipinski definition) is 2. The molecule has 0 aliphatic heterocycles. The quantitative estimate of drug-likeness (QED) is 0.813. The number of halogens is 2. The van der Waals surface area contributed by atoms with Gasteiger partial charge in [-0.1, -0.05) is 13.8 Å². The van der Waals surface area contributed by atoms with E-state index in [0.717, 1.165) is 12.1 Å². The summed E-state index contributed by atoms with van der Waals surface area (Å²) in [5.41, 5.74) is -0.697. The van der Waals surface area contributed by atoms with Crippen molar-refractivity contribution >= 4 is 5.91 Å². The number of ether oxygens (including phenoxy) is 1. The summed E-state index contributed by atoms with van der Waals surface area (Å²) < 4.78 is 32.6. The van der Waals surface area contributed by atoms with Crippen molar-refractivity contribution in [2.24, 2.45) is 5.92 Å². The molecule has 0 aliphatic carbocycles. The molecule has 0 fully saturated rings. The molecule has 6 heteroatoms. The Morgan fingerprint density at radius 3 is 2.62 bits per heavy atom. The number of benzene rings is 1. The van der Waals surface area contributed by atoms with Crippen LogP contribution in [-0.4, -0.2) is 30.3 Å². The second-order valence-corrected chi connectivity index (χ2v) is 5.16. The summed E-state index contributed by atoms with van der Waals surface area (Å²) in [4.78, 5) is 11.9. The van der Waals surface area contributed by atoms with Crippen LogP contribution in [0, 0.1) is 17.6 Å². The van der Waals surface area contributed by atoms with E-state index in [-0.39, 0.29) is 24.8 Å². The van der Waals surface area contributed by atoms with Gasteiger partial charge in [0.25, 0.3) is 5.91 Å². The van der Waals surface area contributed by atoms with Crippen molar-refractivity contribution in [3.8, 4) is 5.75 Å². The van der Waals surface area contributed by atoms with Crippen LogP contribution < -0.4 is 10.1 Å². The zero-order valence-corrected chi connectivity index (χ0v) is 12.5. The van der Waals surface area contributed by atoms with E-state index in [9.17, 15) is 18.7 Å². The number of hydrogen-bond acceptors (Lipinski definition) is 3. The van der Waals surface area contributed by atoms with Crippen LogP contribution in [0.4, 0.5) is 8.78 Å². The van der Waals surface area contributed by atoms with Crippen LogP contribution >= 0.6 is 0 Å². The van der Waals surface area contributed by atoms with Crippen molar-refractivity contribution in [2.45, 2.75) is 33.3 Å². The SMILES string of the molecule is CCOc1ccc(F)c(C(=O)NCC(O)CC(C)C)c1F. The highest BCUT2D eigenvalue weighted by Gasteiger charge is 2.21. The molecule has 0 saturated carbocycles. The van der Waals surface area contributed by atoms with Crippen molar-refractivity contribution in [3.63, 3.8) is 0 Å². The summed E-state index contributed by atoms with van der Waals surface area (Å²) in [7, 11) is 0. The first kappa shape index (κ1) is 17.4. The molecule has 0 bridgehead atoms. The molecule has 0 saturated heterocycles. The first-order valence-corrected chi connectivity index (χ1v) is 6.93. The highest BCUT2D eigenvalue weighted by Crippen LogP contribution is 2.23. The minimum atomic E-state index is -1.03. The predicted molar refractivity (Wildman–Crippen MR) is 75.3 cm³/mol. The van der Waals surface area contributed by atoms with Crippen molar-refractivity contribution < 1.29 is 23.4 Å². The van der Waals surface area contributed by atoms with Gasteiger partial charge in [0, 0.05) is 6.54 Å². The molecule has 0 heterocycles.